The van der Waals surface area contributed by atoms with Gasteiger partial charge >= 0.3 is 0 Å². The Bertz CT molecular complexity index is 450. The van der Waals surface area contributed by atoms with Crippen LogP contribution < -0.4 is 0 Å². The Morgan fingerprint density at radius 3 is 2.55 bits per heavy atom. The molecule has 0 bridgehead atoms. The van der Waals surface area contributed by atoms with E-state index in [-0.39, 0.29) is 5.91 Å². The number of carbonyl (C=O) groups excluding carboxylic acids is 1. The van der Waals surface area contributed by atoms with Crippen LogP contribution in [0.3, 0.4) is 0 Å². The molecule has 0 N–H and O–H groups in total. The molecule has 3 nitrogen and oxygen atoms in total. The summed E-state index contributed by atoms with van der Waals surface area (Å²) in [4.78, 5) is 16.9. The number of hydrogen-bond donors (Lipinski definition) is 0. The molecule has 0 aliphatic carbocycles. The van der Waals surface area contributed by atoms with Gasteiger partial charge in [-0.15, -0.1) is 0 Å². The molecule has 1 aromatic carbocycles. The Hall–Kier alpha value is -1.35. The second kappa shape index (κ2) is 6.89. The van der Waals surface area contributed by atoms with Crippen LogP contribution in [0.25, 0.3) is 0 Å². The molecule has 1 aromatic rings. The molecular weight excluding hydrogens is 248 g/mol. The number of hydrogen-bond acceptors (Lipinski definition) is 2. The van der Waals surface area contributed by atoms with Crippen LogP contribution in [-0.4, -0.2) is 48.4 Å². The maximum absolute atomic E-state index is 12.4. The van der Waals surface area contributed by atoms with Crippen LogP contribution in [0.4, 0.5) is 0 Å². The van der Waals surface area contributed by atoms with Crippen molar-refractivity contribution in [1.82, 2.24) is 9.80 Å². The van der Waals surface area contributed by atoms with Crippen LogP contribution in [0.1, 0.15) is 30.9 Å². The number of benzene rings is 1. The van der Waals surface area contributed by atoms with Gasteiger partial charge in [-0.25, -0.2) is 0 Å². The average molecular weight is 274 g/mol. The maximum atomic E-state index is 12.4. The summed E-state index contributed by atoms with van der Waals surface area (Å²) >= 11 is 0. The largest absolute Gasteiger partial charge is 0.342 e. The van der Waals surface area contributed by atoms with E-state index < -0.39 is 0 Å². The molecule has 1 amide bonds. The molecule has 3 heteroatoms. The van der Waals surface area contributed by atoms with Gasteiger partial charge in [-0.3, -0.25) is 4.79 Å². The van der Waals surface area contributed by atoms with E-state index in [1.165, 1.54) is 5.56 Å². The predicted octanol–water partition coefficient (Wildman–Crippen LogP) is 2.48. The number of nitrogens with zero attached hydrogens (tertiary/aromatic N) is 2. The number of likely N-dealkylation sites (N-methyl/N-ethyl adjacent to an activating group) is 1. The standard InChI is InChI=1S/C17H26N2O/c1-4-19-11-9-16(10-12-19)18(3)17(20)13-15-8-6-5-7-14(15)2/h5-8,16H,4,9-13H2,1-3H3. The number of amides is 1. The quantitative estimate of drug-likeness (QED) is 0.842. The van der Waals surface area contributed by atoms with Crippen LogP contribution in [0.2, 0.25) is 0 Å². The van der Waals surface area contributed by atoms with Crippen molar-refractivity contribution in [3.05, 3.63) is 35.4 Å². The van der Waals surface area contributed by atoms with Crippen LogP contribution in [0, 0.1) is 6.92 Å². The van der Waals surface area contributed by atoms with Gasteiger partial charge in [0.15, 0.2) is 0 Å². The molecule has 0 atom stereocenters. The van der Waals surface area contributed by atoms with Crippen LogP contribution >= 0.6 is 0 Å². The molecule has 0 spiro atoms. The molecule has 0 aromatic heterocycles. The highest BCUT2D eigenvalue weighted by Crippen LogP contribution is 2.17. The van der Waals surface area contributed by atoms with Crippen molar-refractivity contribution in [2.24, 2.45) is 0 Å². The third-order valence-electron chi connectivity index (χ3n) is 4.55. The first-order chi connectivity index (χ1) is 9.61. The van der Waals surface area contributed by atoms with Crippen molar-refractivity contribution >= 4 is 5.91 Å². The Morgan fingerprint density at radius 2 is 1.95 bits per heavy atom. The molecule has 1 saturated heterocycles. The molecule has 1 fully saturated rings. The molecule has 1 aliphatic heterocycles. The molecule has 0 unspecified atom stereocenters. The minimum Gasteiger partial charge on any atom is -0.342 e. The minimum absolute atomic E-state index is 0.245. The first kappa shape index (κ1) is 15.0. The Balaban J connectivity index is 1.91. The summed E-state index contributed by atoms with van der Waals surface area (Å²) in [6, 6.07) is 8.57. The molecule has 2 rings (SSSR count). The van der Waals surface area contributed by atoms with Gasteiger partial charge in [-0.05, 0) is 37.4 Å². The highest BCUT2D eigenvalue weighted by atomic mass is 16.2. The molecule has 1 heterocycles. The second-order valence-corrected chi connectivity index (χ2v) is 5.77. The Kier molecular flexibility index (Phi) is 5.18. The number of carbonyl (C=O) groups is 1. The summed E-state index contributed by atoms with van der Waals surface area (Å²) in [6.07, 6.45) is 2.73. The van der Waals surface area contributed by atoms with Gasteiger partial charge in [-0.2, -0.15) is 0 Å². The van der Waals surface area contributed by atoms with Crippen molar-refractivity contribution in [2.45, 2.75) is 39.2 Å². The molecular formula is C17H26N2O. The van der Waals surface area contributed by atoms with Gasteiger partial charge in [0.05, 0.1) is 6.42 Å². The molecule has 20 heavy (non-hydrogen) atoms. The first-order valence-corrected chi connectivity index (χ1v) is 7.64. The first-order valence-electron chi connectivity index (χ1n) is 7.64. The summed E-state index contributed by atoms with van der Waals surface area (Å²) in [6.45, 7) is 7.62. The highest BCUT2D eigenvalue weighted by Gasteiger charge is 2.24. The fraction of sp³-hybridized carbons (Fsp3) is 0.588. The Labute approximate surface area is 122 Å². The van der Waals surface area contributed by atoms with Crippen molar-refractivity contribution in [1.29, 1.82) is 0 Å². The molecule has 110 valence electrons. The van der Waals surface area contributed by atoms with E-state index >= 15 is 0 Å². The van der Waals surface area contributed by atoms with Crippen molar-refractivity contribution in [2.75, 3.05) is 26.7 Å². The van der Waals surface area contributed by atoms with Crippen molar-refractivity contribution < 1.29 is 4.79 Å². The van der Waals surface area contributed by atoms with E-state index in [0.29, 0.717) is 12.5 Å². The zero-order valence-corrected chi connectivity index (χ0v) is 12.9. The third kappa shape index (κ3) is 3.60. The number of likely N-dealkylation sites (tertiary alicyclic amines) is 1. The number of rotatable bonds is 4. The zero-order chi connectivity index (χ0) is 14.5. The zero-order valence-electron chi connectivity index (χ0n) is 12.9. The monoisotopic (exact) mass is 274 g/mol. The van der Waals surface area contributed by atoms with Gasteiger partial charge < -0.3 is 9.80 Å². The molecule has 0 radical (unpaired) electrons. The number of aryl methyl sites for hydroxylation is 1. The van der Waals surface area contributed by atoms with E-state index in [9.17, 15) is 4.79 Å². The van der Waals surface area contributed by atoms with Crippen molar-refractivity contribution in [3.8, 4) is 0 Å². The second-order valence-electron chi connectivity index (χ2n) is 5.77. The van der Waals surface area contributed by atoms with Gasteiger partial charge in [0, 0.05) is 26.2 Å². The minimum atomic E-state index is 0.245. The lowest BCUT2D eigenvalue weighted by molar-refractivity contribution is -0.132. The highest BCUT2D eigenvalue weighted by molar-refractivity contribution is 5.79. The van der Waals surface area contributed by atoms with Crippen LogP contribution in [-0.2, 0) is 11.2 Å². The van der Waals surface area contributed by atoms with E-state index in [1.54, 1.807) is 0 Å². The molecule has 0 saturated carbocycles. The fourth-order valence-electron chi connectivity index (χ4n) is 2.92. The van der Waals surface area contributed by atoms with Crippen molar-refractivity contribution in [3.63, 3.8) is 0 Å². The summed E-state index contributed by atoms with van der Waals surface area (Å²) < 4.78 is 0. The van der Waals surface area contributed by atoms with Gasteiger partial charge in [0.1, 0.15) is 0 Å². The summed E-state index contributed by atoms with van der Waals surface area (Å²) in [5.41, 5.74) is 2.35. The van der Waals surface area contributed by atoms with Crippen LogP contribution in [0.5, 0.6) is 0 Å². The fourth-order valence-corrected chi connectivity index (χ4v) is 2.92. The topological polar surface area (TPSA) is 23.6 Å². The lowest BCUT2D eigenvalue weighted by Crippen LogP contribution is -2.45. The van der Waals surface area contributed by atoms with E-state index in [1.807, 2.05) is 24.1 Å². The van der Waals surface area contributed by atoms with E-state index in [4.69, 9.17) is 0 Å². The average Bonchev–Trinajstić information content (AvgIpc) is 2.49. The maximum Gasteiger partial charge on any atom is 0.226 e. The summed E-state index contributed by atoms with van der Waals surface area (Å²) in [5.74, 6) is 0.245. The van der Waals surface area contributed by atoms with Gasteiger partial charge in [0.2, 0.25) is 5.91 Å². The van der Waals surface area contributed by atoms with Gasteiger partial charge in [0.25, 0.3) is 0 Å². The Morgan fingerprint density at radius 1 is 1.30 bits per heavy atom. The normalized spacial score (nSPS) is 17.1. The lowest BCUT2D eigenvalue weighted by Gasteiger charge is -2.36. The SMILES string of the molecule is CCN1CCC(N(C)C(=O)Cc2ccccc2C)CC1. The summed E-state index contributed by atoms with van der Waals surface area (Å²) in [7, 11) is 1.97. The lowest BCUT2D eigenvalue weighted by atomic mass is 10.0. The van der Waals surface area contributed by atoms with Gasteiger partial charge in [-0.1, -0.05) is 31.2 Å². The third-order valence-corrected chi connectivity index (χ3v) is 4.55. The number of piperidine rings is 1. The summed E-state index contributed by atoms with van der Waals surface area (Å²) in [5, 5.41) is 0. The smallest absolute Gasteiger partial charge is 0.226 e. The predicted molar refractivity (Wildman–Crippen MR) is 82.8 cm³/mol. The van der Waals surface area contributed by atoms with E-state index in [2.05, 4.69) is 30.9 Å². The molecule has 1 aliphatic rings. The van der Waals surface area contributed by atoms with Crippen LogP contribution in [0.15, 0.2) is 24.3 Å². The van der Waals surface area contributed by atoms with E-state index in [0.717, 1.165) is 38.0 Å².